The molecule has 1 heterocycles. The number of hydrogen-bond acceptors (Lipinski definition) is 5. The number of Topliss-reactive ketones (excluding diaryl/α,β-unsaturated/α-hetero) is 2. The first-order valence-corrected chi connectivity index (χ1v) is 8.29. The summed E-state index contributed by atoms with van der Waals surface area (Å²) < 4.78 is 11.4. The molecule has 2 aromatic rings. The number of hydrogen-bond donors (Lipinski definition) is 1. The van der Waals surface area contributed by atoms with Gasteiger partial charge in [-0.05, 0) is 6.08 Å². The maximum absolute atomic E-state index is 13.0. The van der Waals surface area contributed by atoms with Gasteiger partial charge in [-0.1, -0.05) is 54.6 Å². The molecule has 0 spiro atoms. The van der Waals surface area contributed by atoms with Crippen LogP contribution in [0.3, 0.4) is 0 Å². The fourth-order valence-electron chi connectivity index (χ4n) is 3.16. The van der Waals surface area contributed by atoms with Crippen LogP contribution in [-0.2, 0) is 9.47 Å². The number of carbonyl (C=O) groups excluding carboxylic acids is 2. The van der Waals surface area contributed by atoms with Crippen LogP contribution in [0.1, 0.15) is 26.3 Å². The molecule has 0 radical (unpaired) electrons. The van der Waals surface area contributed by atoms with Crippen LogP contribution >= 0.6 is 0 Å². The number of rotatable bonds is 4. The number of benzene rings is 2. The van der Waals surface area contributed by atoms with E-state index in [-0.39, 0.29) is 35.9 Å². The van der Waals surface area contributed by atoms with Crippen molar-refractivity contribution in [2.24, 2.45) is 0 Å². The van der Waals surface area contributed by atoms with Crippen molar-refractivity contribution in [1.29, 1.82) is 0 Å². The topological polar surface area (TPSA) is 72.8 Å². The fraction of sp³-hybridized carbons (Fsp3) is 0.143. The zero-order valence-corrected chi connectivity index (χ0v) is 13.8. The number of ketones is 2. The van der Waals surface area contributed by atoms with Crippen LogP contribution in [0.5, 0.6) is 0 Å². The lowest BCUT2D eigenvalue weighted by Crippen LogP contribution is -2.34. The summed E-state index contributed by atoms with van der Waals surface area (Å²) in [6.07, 6.45) is 0.557. The third-order valence-electron chi connectivity index (χ3n) is 4.36. The van der Waals surface area contributed by atoms with Gasteiger partial charge in [-0.25, -0.2) is 0 Å². The summed E-state index contributed by atoms with van der Waals surface area (Å²) in [4.78, 5) is 25.9. The van der Waals surface area contributed by atoms with Crippen LogP contribution in [0.25, 0.3) is 5.76 Å². The van der Waals surface area contributed by atoms with Crippen LogP contribution in [0, 0.1) is 0 Å². The molecule has 1 aliphatic heterocycles. The largest absolute Gasteiger partial charge is 0.460 e. The van der Waals surface area contributed by atoms with E-state index in [1.54, 1.807) is 30.3 Å². The van der Waals surface area contributed by atoms with Gasteiger partial charge < -0.3 is 14.6 Å². The molecule has 1 aliphatic carbocycles. The van der Waals surface area contributed by atoms with Crippen molar-refractivity contribution in [3.05, 3.63) is 88.5 Å². The van der Waals surface area contributed by atoms with Crippen molar-refractivity contribution in [3.8, 4) is 0 Å². The van der Waals surface area contributed by atoms with E-state index in [0.717, 1.165) is 5.56 Å². The third-order valence-corrected chi connectivity index (χ3v) is 4.36. The van der Waals surface area contributed by atoms with Crippen molar-refractivity contribution in [3.63, 3.8) is 0 Å². The van der Waals surface area contributed by atoms with E-state index in [1.165, 1.54) is 0 Å². The molecule has 0 saturated carbocycles. The highest BCUT2D eigenvalue weighted by Crippen LogP contribution is 2.37. The predicted molar refractivity (Wildman–Crippen MR) is 94.5 cm³/mol. The summed E-state index contributed by atoms with van der Waals surface area (Å²) in [6, 6.07) is 16.0. The lowest BCUT2D eigenvalue weighted by molar-refractivity contribution is -0.0801. The van der Waals surface area contributed by atoms with Gasteiger partial charge in [-0.3, -0.25) is 9.59 Å². The maximum atomic E-state index is 13.0. The van der Waals surface area contributed by atoms with Crippen LogP contribution in [0.15, 0.2) is 71.8 Å². The van der Waals surface area contributed by atoms with E-state index in [0.29, 0.717) is 16.9 Å². The molecule has 2 aromatic carbocycles. The smallest absolute Gasteiger partial charge is 0.231 e. The standard InChI is InChI=1S/C21H16O5/c22-10-11-25-21-18-16(12-17(26-21)13-6-2-1-3-7-13)19(23)14-8-4-5-9-15(14)20(18)24/h1-9,12,21-22H,10-11H2. The van der Waals surface area contributed by atoms with Crippen molar-refractivity contribution < 1.29 is 24.2 Å². The SMILES string of the molecule is O=C1C2=C(C(=O)c3ccccc31)C(OCCO)OC(c1ccccc1)=C2. The Hall–Kier alpha value is -3.02. The van der Waals surface area contributed by atoms with Crippen LogP contribution in [0.4, 0.5) is 0 Å². The van der Waals surface area contributed by atoms with Gasteiger partial charge >= 0.3 is 0 Å². The lowest BCUT2D eigenvalue weighted by atomic mass is 9.82. The van der Waals surface area contributed by atoms with Crippen molar-refractivity contribution in [2.45, 2.75) is 6.29 Å². The fourth-order valence-corrected chi connectivity index (χ4v) is 3.16. The number of carbonyl (C=O) groups is 2. The molecule has 5 heteroatoms. The summed E-state index contributed by atoms with van der Waals surface area (Å²) in [5.41, 5.74) is 1.95. The quantitative estimate of drug-likeness (QED) is 0.920. The Morgan fingerprint density at radius 2 is 1.58 bits per heavy atom. The Bertz CT molecular complexity index is 940. The van der Waals surface area contributed by atoms with Gasteiger partial charge in [0.2, 0.25) is 6.29 Å². The monoisotopic (exact) mass is 348 g/mol. The number of aliphatic hydroxyl groups is 1. The van der Waals surface area contributed by atoms with E-state index in [1.807, 2.05) is 30.3 Å². The molecule has 1 N–H and O–H groups in total. The second-order valence-corrected chi connectivity index (χ2v) is 5.95. The van der Waals surface area contributed by atoms with E-state index in [4.69, 9.17) is 14.6 Å². The van der Waals surface area contributed by atoms with Gasteiger partial charge in [0, 0.05) is 22.3 Å². The zero-order valence-electron chi connectivity index (χ0n) is 13.8. The molecular weight excluding hydrogens is 332 g/mol. The Labute approximate surface area is 150 Å². The molecule has 130 valence electrons. The number of fused-ring (bicyclic) bond motifs is 1. The van der Waals surface area contributed by atoms with Gasteiger partial charge in [0.15, 0.2) is 11.6 Å². The number of ether oxygens (including phenoxy) is 2. The molecule has 4 rings (SSSR count). The molecule has 1 unspecified atom stereocenters. The molecule has 5 nitrogen and oxygen atoms in total. The number of allylic oxidation sites excluding steroid dienone is 2. The highest BCUT2D eigenvalue weighted by atomic mass is 16.7. The minimum absolute atomic E-state index is 0.00731. The predicted octanol–water partition coefficient (Wildman–Crippen LogP) is 2.77. The molecular formula is C21H16O5. The number of aliphatic hydroxyl groups excluding tert-OH is 1. The summed E-state index contributed by atoms with van der Waals surface area (Å²) in [5, 5.41) is 9.09. The molecule has 0 fully saturated rings. The summed E-state index contributed by atoms with van der Waals surface area (Å²) in [7, 11) is 0. The molecule has 0 amide bonds. The molecule has 0 saturated heterocycles. The van der Waals surface area contributed by atoms with Crippen molar-refractivity contribution in [1.82, 2.24) is 0 Å². The van der Waals surface area contributed by atoms with E-state index in [9.17, 15) is 9.59 Å². The van der Waals surface area contributed by atoms with E-state index in [2.05, 4.69) is 0 Å². The highest BCUT2D eigenvalue weighted by molar-refractivity contribution is 6.28. The zero-order chi connectivity index (χ0) is 18.1. The van der Waals surface area contributed by atoms with E-state index < -0.39 is 6.29 Å². The van der Waals surface area contributed by atoms with Crippen LogP contribution in [0.2, 0.25) is 0 Å². The summed E-state index contributed by atoms with van der Waals surface area (Å²) in [5.74, 6) is -0.0705. The maximum Gasteiger partial charge on any atom is 0.231 e. The molecule has 26 heavy (non-hydrogen) atoms. The second-order valence-electron chi connectivity index (χ2n) is 5.95. The molecule has 0 aromatic heterocycles. The average molecular weight is 348 g/mol. The Balaban J connectivity index is 1.85. The molecule has 0 bridgehead atoms. The first-order valence-electron chi connectivity index (χ1n) is 8.29. The van der Waals surface area contributed by atoms with E-state index >= 15 is 0 Å². The van der Waals surface area contributed by atoms with Crippen molar-refractivity contribution >= 4 is 17.3 Å². The minimum Gasteiger partial charge on any atom is -0.460 e. The second kappa shape index (κ2) is 6.71. The first-order chi connectivity index (χ1) is 12.7. The van der Waals surface area contributed by atoms with Crippen LogP contribution < -0.4 is 0 Å². The Morgan fingerprint density at radius 1 is 0.923 bits per heavy atom. The summed E-state index contributed by atoms with van der Waals surface area (Å²) >= 11 is 0. The van der Waals surface area contributed by atoms with Gasteiger partial charge in [0.1, 0.15) is 5.76 Å². The highest BCUT2D eigenvalue weighted by Gasteiger charge is 2.39. The van der Waals surface area contributed by atoms with Gasteiger partial charge in [0.05, 0.1) is 18.8 Å². The Morgan fingerprint density at radius 3 is 2.27 bits per heavy atom. The average Bonchev–Trinajstić information content (AvgIpc) is 2.70. The first kappa shape index (κ1) is 16.4. The molecule has 1 atom stereocenters. The third kappa shape index (κ3) is 2.67. The van der Waals surface area contributed by atoms with Crippen LogP contribution in [-0.4, -0.2) is 36.2 Å². The lowest BCUT2D eigenvalue weighted by Gasteiger charge is -2.31. The van der Waals surface area contributed by atoms with Gasteiger partial charge in [0.25, 0.3) is 0 Å². The van der Waals surface area contributed by atoms with Gasteiger partial charge in [-0.15, -0.1) is 0 Å². The summed E-state index contributed by atoms with van der Waals surface area (Å²) in [6.45, 7) is -0.224. The normalized spacial score (nSPS) is 18.8. The Kier molecular flexibility index (Phi) is 4.24. The van der Waals surface area contributed by atoms with Crippen molar-refractivity contribution in [2.75, 3.05) is 13.2 Å². The molecule has 2 aliphatic rings. The minimum atomic E-state index is -1.04. The van der Waals surface area contributed by atoms with Gasteiger partial charge in [-0.2, -0.15) is 0 Å².